The van der Waals surface area contributed by atoms with Crippen LogP contribution >= 0.6 is 22.7 Å². The number of nitrogens with zero attached hydrogens (tertiary/aromatic N) is 1. The van der Waals surface area contributed by atoms with Gasteiger partial charge in [0.05, 0.1) is 4.88 Å². The predicted molar refractivity (Wildman–Crippen MR) is 121 cm³/mol. The standard InChI is InChI=1S/C23H22N2O4S2/c26-22(16-7-12-30-14-16)24-17-5-8-25(9-6-17)23(27)21-4-3-20(31-21)15-1-2-18-19(13-15)29-11-10-28-18/h1-4,7,12-14,17H,5-6,8-11H2,(H,24,26). The van der Waals surface area contributed by atoms with Crippen molar-refractivity contribution in [3.05, 3.63) is 57.6 Å². The van der Waals surface area contributed by atoms with Crippen molar-refractivity contribution in [3.8, 4) is 21.9 Å². The molecule has 1 N–H and O–H groups in total. The number of hydrogen-bond donors (Lipinski definition) is 1. The van der Waals surface area contributed by atoms with Gasteiger partial charge in [-0.1, -0.05) is 0 Å². The van der Waals surface area contributed by atoms with Gasteiger partial charge < -0.3 is 19.7 Å². The molecule has 2 aromatic heterocycles. The Hall–Kier alpha value is -2.84. The maximum atomic E-state index is 13.0. The van der Waals surface area contributed by atoms with Crippen molar-refractivity contribution in [1.29, 1.82) is 0 Å². The van der Waals surface area contributed by atoms with Crippen LogP contribution in [0.15, 0.2) is 47.2 Å². The fourth-order valence-electron chi connectivity index (χ4n) is 3.85. The molecule has 5 rings (SSSR count). The molecule has 8 heteroatoms. The molecule has 0 aliphatic carbocycles. The number of fused-ring (bicyclic) bond motifs is 1. The minimum Gasteiger partial charge on any atom is -0.486 e. The number of hydrogen-bond acceptors (Lipinski definition) is 6. The van der Waals surface area contributed by atoms with Crippen molar-refractivity contribution in [2.24, 2.45) is 0 Å². The van der Waals surface area contributed by atoms with Gasteiger partial charge in [0.15, 0.2) is 11.5 Å². The van der Waals surface area contributed by atoms with Crippen LogP contribution in [0.3, 0.4) is 0 Å². The third-order valence-corrected chi connectivity index (χ3v) is 7.35. The number of thiophene rings is 2. The highest BCUT2D eigenvalue weighted by Crippen LogP contribution is 2.37. The summed E-state index contributed by atoms with van der Waals surface area (Å²) in [5.41, 5.74) is 1.72. The molecule has 3 aromatic rings. The summed E-state index contributed by atoms with van der Waals surface area (Å²) in [6.07, 6.45) is 1.53. The lowest BCUT2D eigenvalue weighted by molar-refractivity contribution is 0.0703. The number of amides is 2. The van der Waals surface area contributed by atoms with Crippen LogP contribution in [0.2, 0.25) is 0 Å². The fourth-order valence-corrected chi connectivity index (χ4v) is 5.46. The van der Waals surface area contributed by atoms with Crippen LogP contribution in [0.5, 0.6) is 11.5 Å². The number of nitrogens with one attached hydrogen (secondary N) is 1. The maximum absolute atomic E-state index is 13.0. The lowest BCUT2D eigenvalue weighted by Gasteiger charge is -2.32. The van der Waals surface area contributed by atoms with E-state index in [2.05, 4.69) is 5.32 Å². The van der Waals surface area contributed by atoms with Crippen LogP contribution in [0.25, 0.3) is 10.4 Å². The molecule has 4 heterocycles. The third-order valence-electron chi connectivity index (χ3n) is 5.54. The summed E-state index contributed by atoms with van der Waals surface area (Å²) < 4.78 is 11.3. The van der Waals surface area contributed by atoms with Gasteiger partial charge in [0, 0.05) is 35.0 Å². The Morgan fingerprint density at radius 3 is 2.58 bits per heavy atom. The molecule has 6 nitrogen and oxygen atoms in total. The lowest BCUT2D eigenvalue weighted by Crippen LogP contribution is -2.46. The van der Waals surface area contributed by atoms with E-state index < -0.39 is 0 Å². The number of carbonyl (C=O) groups excluding carboxylic acids is 2. The zero-order valence-electron chi connectivity index (χ0n) is 16.8. The van der Waals surface area contributed by atoms with Crippen LogP contribution in [0.4, 0.5) is 0 Å². The molecule has 1 saturated heterocycles. The molecule has 160 valence electrons. The minimum absolute atomic E-state index is 0.0339. The van der Waals surface area contributed by atoms with E-state index in [1.54, 1.807) is 0 Å². The predicted octanol–water partition coefficient (Wildman–Crippen LogP) is 4.28. The minimum atomic E-state index is -0.0339. The van der Waals surface area contributed by atoms with E-state index in [0.29, 0.717) is 31.9 Å². The second kappa shape index (κ2) is 8.72. The Balaban J connectivity index is 1.20. The van der Waals surface area contributed by atoms with Gasteiger partial charge in [0.25, 0.3) is 11.8 Å². The fraction of sp³-hybridized carbons (Fsp3) is 0.304. The third kappa shape index (κ3) is 4.31. The van der Waals surface area contributed by atoms with Gasteiger partial charge in [-0.05, 0) is 60.2 Å². The Morgan fingerprint density at radius 2 is 1.81 bits per heavy atom. The Kier molecular flexibility index (Phi) is 5.65. The van der Waals surface area contributed by atoms with E-state index in [9.17, 15) is 9.59 Å². The van der Waals surface area contributed by atoms with Crippen molar-refractivity contribution < 1.29 is 19.1 Å². The second-order valence-corrected chi connectivity index (χ2v) is 9.44. The maximum Gasteiger partial charge on any atom is 0.263 e. The van der Waals surface area contributed by atoms with E-state index in [1.807, 2.05) is 52.1 Å². The molecule has 0 atom stereocenters. The van der Waals surface area contributed by atoms with E-state index >= 15 is 0 Å². The Bertz CT molecular complexity index is 1080. The molecular weight excluding hydrogens is 432 g/mol. The average Bonchev–Trinajstić information content (AvgIpc) is 3.51. The monoisotopic (exact) mass is 454 g/mol. The molecular formula is C23H22N2O4S2. The SMILES string of the molecule is O=C(NC1CCN(C(=O)c2ccc(-c3ccc4c(c3)OCCO4)s2)CC1)c1ccsc1. The highest BCUT2D eigenvalue weighted by Gasteiger charge is 2.26. The number of ether oxygens (including phenoxy) is 2. The smallest absolute Gasteiger partial charge is 0.263 e. The Labute approximate surface area is 188 Å². The number of benzene rings is 1. The molecule has 2 aliphatic heterocycles. The van der Waals surface area contributed by atoms with Crippen molar-refractivity contribution in [3.63, 3.8) is 0 Å². The van der Waals surface area contributed by atoms with Crippen LogP contribution in [0, 0.1) is 0 Å². The van der Waals surface area contributed by atoms with E-state index in [4.69, 9.17) is 9.47 Å². The van der Waals surface area contributed by atoms with Crippen LogP contribution in [0.1, 0.15) is 32.9 Å². The first-order chi connectivity index (χ1) is 15.2. The quantitative estimate of drug-likeness (QED) is 0.639. The highest BCUT2D eigenvalue weighted by atomic mass is 32.1. The molecule has 2 aliphatic rings. The van der Waals surface area contributed by atoms with Crippen molar-refractivity contribution in [2.45, 2.75) is 18.9 Å². The summed E-state index contributed by atoms with van der Waals surface area (Å²) in [5, 5.41) is 6.83. The van der Waals surface area contributed by atoms with Gasteiger partial charge in [0.2, 0.25) is 0 Å². The Morgan fingerprint density at radius 1 is 1.00 bits per heavy atom. The van der Waals surface area contributed by atoms with E-state index in [-0.39, 0.29) is 17.9 Å². The van der Waals surface area contributed by atoms with Crippen LogP contribution < -0.4 is 14.8 Å². The first-order valence-corrected chi connectivity index (χ1v) is 12.1. The zero-order valence-corrected chi connectivity index (χ0v) is 18.5. The van der Waals surface area contributed by atoms with Gasteiger partial charge in [0.1, 0.15) is 13.2 Å². The molecule has 31 heavy (non-hydrogen) atoms. The van der Waals surface area contributed by atoms with Crippen molar-refractivity contribution in [1.82, 2.24) is 10.2 Å². The highest BCUT2D eigenvalue weighted by molar-refractivity contribution is 7.17. The summed E-state index contributed by atoms with van der Waals surface area (Å²) in [6.45, 7) is 2.40. The molecule has 1 fully saturated rings. The number of carbonyl (C=O) groups is 2. The largest absolute Gasteiger partial charge is 0.486 e. The van der Waals surface area contributed by atoms with Crippen molar-refractivity contribution in [2.75, 3.05) is 26.3 Å². The molecule has 0 spiro atoms. The summed E-state index contributed by atoms with van der Waals surface area (Å²) in [6, 6.07) is 11.7. The normalized spacial score (nSPS) is 16.2. The molecule has 2 amide bonds. The zero-order chi connectivity index (χ0) is 21.2. The average molecular weight is 455 g/mol. The topological polar surface area (TPSA) is 67.9 Å². The van der Waals surface area contributed by atoms with Gasteiger partial charge in [-0.3, -0.25) is 9.59 Å². The summed E-state index contributed by atoms with van der Waals surface area (Å²) in [7, 11) is 0. The lowest BCUT2D eigenvalue weighted by atomic mass is 10.0. The summed E-state index contributed by atoms with van der Waals surface area (Å²) in [4.78, 5) is 28.9. The van der Waals surface area contributed by atoms with Gasteiger partial charge in [-0.15, -0.1) is 11.3 Å². The number of piperidine rings is 1. The molecule has 1 aromatic carbocycles. The second-order valence-electron chi connectivity index (χ2n) is 7.57. The number of likely N-dealkylation sites (tertiary alicyclic amines) is 1. The van der Waals surface area contributed by atoms with Crippen molar-refractivity contribution >= 4 is 34.5 Å². The molecule has 0 saturated carbocycles. The van der Waals surface area contributed by atoms with Crippen LogP contribution in [-0.4, -0.2) is 49.1 Å². The van der Waals surface area contributed by atoms with E-state index in [1.165, 1.54) is 22.7 Å². The van der Waals surface area contributed by atoms with Gasteiger partial charge >= 0.3 is 0 Å². The molecule has 0 radical (unpaired) electrons. The molecule has 0 bridgehead atoms. The van der Waals surface area contributed by atoms with Gasteiger partial charge in [-0.25, -0.2) is 0 Å². The number of rotatable bonds is 4. The summed E-state index contributed by atoms with van der Waals surface area (Å²) >= 11 is 3.01. The first kappa shape index (κ1) is 20.1. The van der Waals surface area contributed by atoms with E-state index in [0.717, 1.165) is 39.7 Å². The first-order valence-electron chi connectivity index (χ1n) is 10.3. The summed E-state index contributed by atoms with van der Waals surface area (Å²) in [5.74, 6) is 1.53. The molecule has 0 unspecified atom stereocenters. The van der Waals surface area contributed by atoms with Gasteiger partial charge in [-0.2, -0.15) is 11.3 Å². The van der Waals surface area contributed by atoms with Crippen LogP contribution in [-0.2, 0) is 0 Å².